The zero-order chi connectivity index (χ0) is 20.9. The molecular formula is C21H23ClF3N3O. The smallest absolute Gasteiger partial charge is 0.324 e. The van der Waals surface area contributed by atoms with Crippen molar-refractivity contribution < 1.29 is 18.0 Å². The van der Waals surface area contributed by atoms with Gasteiger partial charge in [0.2, 0.25) is 5.91 Å². The standard InChI is InChI=1S/C21H23ClF3N3O/c22-16-6-7-19(18(12-16)21(23,24)25)27-20(29)13-26-17-8-10-28(11-9-17)14-15-4-2-1-3-5-15/h1-7,12,17,26H,8-11,13-14H2,(H,27,29). The zero-order valence-electron chi connectivity index (χ0n) is 15.8. The van der Waals surface area contributed by atoms with Crippen molar-refractivity contribution in [2.75, 3.05) is 25.0 Å². The number of rotatable bonds is 6. The number of anilines is 1. The average molecular weight is 426 g/mol. The Labute approximate surface area is 173 Å². The number of likely N-dealkylation sites (tertiary alicyclic amines) is 1. The van der Waals surface area contributed by atoms with E-state index in [9.17, 15) is 18.0 Å². The number of alkyl halides is 3. The number of hydrogen-bond donors (Lipinski definition) is 2. The van der Waals surface area contributed by atoms with Gasteiger partial charge in [-0.25, -0.2) is 0 Å². The van der Waals surface area contributed by atoms with E-state index in [2.05, 4.69) is 27.7 Å². The molecule has 1 aliphatic heterocycles. The Bertz CT molecular complexity index is 822. The molecule has 1 saturated heterocycles. The van der Waals surface area contributed by atoms with Gasteiger partial charge in [0, 0.05) is 17.6 Å². The number of nitrogens with one attached hydrogen (secondary N) is 2. The fourth-order valence-corrected chi connectivity index (χ4v) is 3.60. The van der Waals surface area contributed by atoms with Gasteiger partial charge in [0.15, 0.2) is 0 Å². The van der Waals surface area contributed by atoms with Gasteiger partial charge in [0.05, 0.1) is 17.8 Å². The van der Waals surface area contributed by atoms with Crippen molar-refractivity contribution in [3.8, 4) is 0 Å². The normalized spacial score (nSPS) is 16.0. The molecule has 0 unspecified atom stereocenters. The highest BCUT2D eigenvalue weighted by atomic mass is 35.5. The van der Waals surface area contributed by atoms with Crippen molar-refractivity contribution in [1.82, 2.24) is 10.2 Å². The van der Waals surface area contributed by atoms with Crippen LogP contribution in [0.2, 0.25) is 5.02 Å². The molecular weight excluding hydrogens is 403 g/mol. The predicted molar refractivity (Wildman–Crippen MR) is 108 cm³/mol. The maximum atomic E-state index is 13.1. The van der Waals surface area contributed by atoms with Gasteiger partial charge >= 0.3 is 6.18 Å². The summed E-state index contributed by atoms with van der Waals surface area (Å²) in [6.45, 7) is 2.67. The molecule has 3 rings (SSSR count). The number of piperidine rings is 1. The second-order valence-electron chi connectivity index (χ2n) is 7.15. The van der Waals surface area contributed by atoms with Crippen molar-refractivity contribution in [3.05, 3.63) is 64.7 Å². The first-order chi connectivity index (χ1) is 13.8. The van der Waals surface area contributed by atoms with E-state index in [1.165, 1.54) is 17.7 Å². The monoisotopic (exact) mass is 425 g/mol. The molecule has 1 amide bonds. The lowest BCUT2D eigenvalue weighted by atomic mass is 10.0. The Hall–Kier alpha value is -2.09. The van der Waals surface area contributed by atoms with Gasteiger partial charge in [-0.15, -0.1) is 0 Å². The van der Waals surface area contributed by atoms with Crippen molar-refractivity contribution >= 4 is 23.2 Å². The molecule has 8 heteroatoms. The summed E-state index contributed by atoms with van der Waals surface area (Å²) in [5.74, 6) is -0.510. The lowest BCUT2D eigenvalue weighted by Gasteiger charge is -2.32. The molecule has 2 aromatic rings. The average Bonchev–Trinajstić information content (AvgIpc) is 2.69. The summed E-state index contributed by atoms with van der Waals surface area (Å²) in [6, 6.07) is 13.7. The van der Waals surface area contributed by atoms with Crippen LogP contribution in [0.15, 0.2) is 48.5 Å². The molecule has 0 radical (unpaired) electrons. The molecule has 2 N–H and O–H groups in total. The summed E-state index contributed by atoms with van der Waals surface area (Å²) < 4.78 is 39.4. The summed E-state index contributed by atoms with van der Waals surface area (Å²) >= 11 is 5.66. The Morgan fingerprint density at radius 2 is 1.79 bits per heavy atom. The number of nitrogens with zero attached hydrogens (tertiary/aromatic N) is 1. The molecule has 0 aliphatic carbocycles. The highest BCUT2D eigenvalue weighted by Gasteiger charge is 2.34. The number of amides is 1. The SMILES string of the molecule is O=C(CNC1CCN(Cc2ccccc2)CC1)Nc1ccc(Cl)cc1C(F)(F)F. The van der Waals surface area contributed by atoms with E-state index >= 15 is 0 Å². The maximum absolute atomic E-state index is 13.1. The third-order valence-corrected chi connectivity index (χ3v) is 5.18. The molecule has 4 nitrogen and oxygen atoms in total. The van der Waals surface area contributed by atoms with Gasteiger partial charge in [0.1, 0.15) is 0 Å². The first-order valence-corrected chi connectivity index (χ1v) is 9.85. The summed E-state index contributed by atoms with van der Waals surface area (Å²) in [7, 11) is 0. The Balaban J connectivity index is 1.45. The lowest BCUT2D eigenvalue weighted by Crippen LogP contribution is -2.44. The zero-order valence-corrected chi connectivity index (χ0v) is 16.6. The molecule has 29 heavy (non-hydrogen) atoms. The van der Waals surface area contributed by atoms with E-state index in [1.54, 1.807) is 0 Å². The summed E-state index contributed by atoms with van der Waals surface area (Å²) in [5, 5.41) is 5.45. The lowest BCUT2D eigenvalue weighted by molar-refractivity contribution is -0.137. The van der Waals surface area contributed by atoms with Crippen LogP contribution in [0.25, 0.3) is 0 Å². The van der Waals surface area contributed by atoms with Crippen LogP contribution < -0.4 is 10.6 Å². The molecule has 0 bridgehead atoms. The van der Waals surface area contributed by atoms with E-state index in [1.807, 2.05) is 18.2 Å². The second-order valence-corrected chi connectivity index (χ2v) is 7.59. The molecule has 1 fully saturated rings. The van der Waals surface area contributed by atoms with Crippen LogP contribution in [0.3, 0.4) is 0 Å². The van der Waals surface area contributed by atoms with Crippen LogP contribution in [0, 0.1) is 0 Å². The number of hydrogen-bond acceptors (Lipinski definition) is 3. The molecule has 0 saturated carbocycles. The fourth-order valence-electron chi connectivity index (χ4n) is 3.43. The minimum Gasteiger partial charge on any atom is -0.324 e. The van der Waals surface area contributed by atoms with Gasteiger partial charge in [-0.3, -0.25) is 9.69 Å². The minimum atomic E-state index is -4.59. The Morgan fingerprint density at radius 1 is 1.10 bits per heavy atom. The van der Waals surface area contributed by atoms with Gasteiger partial charge < -0.3 is 10.6 Å². The quantitative estimate of drug-likeness (QED) is 0.713. The number of halogens is 4. The largest absolute Gasteiger partial charge is 0.418 e. The Morgan fingerprint density at radius 3 is 2.45 bits per heavy atom. The van der Waals surface area contributed by atoms with Crippen LogP contribution in [0.4, 0.5) is 18.9 Å². The van der Waals surface area contributed by atoms with E-state index in [0.717, 1.165) is 38.5 Å². The molecule has 0 spiro atoms. The molecule has 2 aromatic carbocycles. The molecule has 1 heterocycles. The van der Waals surface area contributed by atoms with E-state index < -0.39 is 17.6 Å². The number of carbonyl (C=O) groups excluding carboxylic acids is 1. The van der Waals surface area contributed by atoms with Crippen LogP contribution in [0.1, 0.15) is 24.0 Å². The third kappa shape index (κ3) is 6.45. The molecule has 1 aliphatic rings. The van der Waals surface area contributed by atoms with Crippen molar-refractivity contribution in [2.45, 2.75) is 31.6 Å². The van der Waals surface area contributed by atoms with Crippen LogP contribution in [-0.4, -0.2) is 36.5 Å². The van der Waals surface area contributed by atoms with Gasteiger partial charge in [-0.1, -0.05) is 41.9 Å². The van der Waals surface area contributed by atoms with Crippen molar-refractivity contribution in [1.29, 1.82) is 0 Å². The maximum Gasteiger partial charge on any atom is 0.418 e. The minimum absolute atomic E-state index is 0.0317. The van der Waals surface area contributed by atoms with Crippen LogP contribution in [-0.2, 0) is 17.5 Å². The topological polar surface area (TPSA) is 44.4 Å². The van der Waals surface area contributed by atoms with Gasteiger partial charge in [-0.2, -0.15) is 13.2 Å². The Kier molecular flexibility index (Phi) is 7.16. The highest BCUT2D eigenvalue weighted by Crippen LogP contribution is 2.36. The summed E-state index contributed by atoms with van der Waals surface area (Å²) in [5.41, 5.74) is 0.0284. The van der Waals surface area contributed by atoms with Crippen molar-refractivity contribution in [3.63, 3.8) is 0 Å². The predicted octanol–water partition coefficient (Wildman–Crippen LogP) is 4.55. The van der Waals surface area contributed by atoms with Gasteiger partial charge in [-0.05, 0) is 49.7 Å². The second kappa shape index (κ2) is 9.61. The third-order valence-electron chi connectivity index (χ3n) is 4.95. The molecule has 0 atom stereocenters. The van der Waals surface area contributed by atoms with E-state index in [0.29, 0.717) is 0 Å². The highest BCUT2D eigenvalue weighted by molar-refractivity contribution is 6.30. The first-order valence-electron chi connectivity index (χ1n) is 9.47. The number of carbonyl (C=O) groups is 1. The summed E-state index contributed by atoms with van der Waals surface area (Å²) in [6.07, 6.45) is -2.82. The van der Waals surface area contributed by atoms with E-state index in [4.69, 9.17) is 11.6 Å². The number of benzene rings is 2. The summed E-state index contributed by atoms with van der Waals surface area (Å²) in [4.78, 5) is 14.5. The van der Waals surface area contributed by atoms with E-state index in [-0.39, 0.29) is 23.3 Å². The van der Waals surface area contributed by atoms with Crippen LogP contribution in [0.5, 0.6) is 0 Å². The first kappa shape index (κ1) is 21.6. The fraction of sp³-hybridized carbons (Fsp3) is 0.381. The van der Waals surface area contributed by atoms with Crippen molar-refractivity contribution in [2.24, 2.45) is 0 Å². The molecule has 156 valence electrons. The van der Waals surface area contributed by atoms with Crippen LogP contribution >= 0.6 is 11.6 Å². The molecule has 0 aromatic heterocycles. The van der Waals surface area contributed by atoms with Gasteiger partial charge in [0.25, 0.3) is 0 Å².